The van der Waals surface area contributed by atoms with Crippen LogP contribution in [0.2, 0.25) is 0 Å². The lowest BCUT2D eigenvalue weighted by molar-refractivity contribution is 0.596. The number of fused-ring (bicyclic) bond motifs is 9. The van der Waals surface area contributed by atoms with Gasteiger partial charge in [-0.05, 0) is 81.9 Å². The summed E-state index contributed by atoms with van der Waals surface area (Å²) < 4.78 is 26.6. The molecule has 6 aromatic rings. The summed E-state index contributed by atoms with van der Waals surface area (Å²) >= 11 is 0. The van der Waals surface area contributed by atoms with E-state index in [0.29, 0.717) is 4.90 Å². The van der Waals surface area contributed by atoms with Crippen molar-refractivity contribution < 1.29 is 8.42 Å². The number of hydrogen-bond donors (Lipinski definition) is 0. The fraction of sp³-hybridized carbons (Fsp3) is 0.0270. The number of anilines is 3. The molecule has 0 saturated heterocycles. The summed E-state index contributed by atoms with van der Waals surface area (Å²) in [7, 11) is -3.61. The first kappa shape index (κ1) is 23.9. The summed E-state index contributed by atoms with van der Waals surface area (Å²) in [5.41, 5.74) is 10.1. The summed E-state index contributed by atoms with van der Waals surface area (Å²) in [6, 6.07) is 50.6. The number of nitrogens with zero attached hydrogens (tertiary/aromatic N) is 1. The smallest absolute Gasteiger partial charge is 0.206 e. The standard InChI is InChI=1S/C37H25NO2S/c39-41(40,27-12-2-1-3-13-27)28-24-22-26(23-25-28)38-35-20-10-8-18-33(35)37(34-19-9-11-21-36(34)38)31-16-6-4-14-29(31)30-15-5-7-17-32(30)37/h1-25H. The van der Waals surface area contributed by atoms with Gasteiger partial charge in [-0.1, -0.05) is 103 Å². The number of sulfone groups is 1. The molecular weight excluding hydrogens is 522 g/mol. The second-order valence-electron chi connectivity index (χ2n) is 10.5. The minimum absolute atomic E-state index is 0.279. The Bertz CT molecular complexity index is 1970. The molecule has 0 radical (unpaired) electrons. The zero-order valence-electron chi connectivity index (χ0n) is 22.1. The molecule has 0 unspecified atom stereocenters. The van der Waals surface area contributed by atoms with Crippen molar-refractivity contribution in [2.75, 3.05) is 4.90 Å². The van der Waals surface area contributed by atoms with Crippen LogP contribution in [0.5, 0.6) is 0 Å². The molecule has 196 valence electrons. The first-order valence-electron chi connectivity index (χ1n) is 13.7. The van der Waals surface area contributed by atoms with Crippen molar-refractivity contribution in [1.29, 1.82) is 0 Å². The largest absolute Gasteiger partial charge is 0.310 e. The second kappa shape index (κ2) is 8.79. The third-order valence-electron chi connectivity index (χ3n) is 8.51. The monoisotopic (exact) mass is 547 g/mol. The molecule has 0 N–H and O–H groups in total. The van der Waals surface area contributed by atoms with Crippen molar-refractivity contribution in [1.82, 2.24) is 0 Å². The molecule has 4 heteroatoms. The highest BCUT2D eigenvalue weighted by atomic mass is 32.2. The van der Waals surface area contributed by atoms with E-state index in [0.717, 1.165) is 17.1 Å². The molecule has 41 heavy (non-hydrogen) atoms. The van der Waals surface area contributed by atoms with Gasteiger partial charge in [-0.2, -0.15) is 0 Å². The van der Waals surface area contributed by atoms with Crippen molar-refractivity contribution in [3.8, 4) is 11.1 Å². The van der Waals surface area contributed by atoms with E-state index in [4.69, 9.17) is 0 Å². The molecule has 6 aromatic carbocycles. The fourth-order valence-corrected chi connectivity index (χ4v) is 8.13. The molecule has 0 aromatic heterocycles. The van der Waals surface area contributed by atoms with Gasteiger partial charge in [-0.3, -0.25) is 0 Å². The quantitative estimate of drug-likeness (QED) is 0.222. The lowest BCUT2D eigenvalue weighted by atomic mass is 9.64. The van der Waals surface area contributed by atoms with E-state index in [1.54, 1.807) is 36.4 Å². The topological polar surface area (TPSA) is 37.4 Å². The second-order valence-corrected chi connectivity index (χ2v) is 12.5. The van der Waals surface area contributed by atoms with Gasteiger partial charge < -0.3 is 4.90 Å². The summed E-state index contributed by atoms with van der Waals surface area (Å²) in [6.07, 6.45) is 0. The summed E-state index contributed by atoms with van der Waals surface area (Å²) in [6.45, 7) is 0. The van der Waals surface area contributed by atoms with Crippen LogP contribution in [0.4, 0.5) is 17.1 Å². The molecule has 3 nitrogen and oxygen atoms in total. The highest BCUT2D eigenvalue weighted by molar-refractivity contribution is 7.91. The van der Waals surface area contributed by atoms with Gasteiger partial charge in [0.1, 0.15) is 0 Å². The normalized spacial score (nSPS) is 14.2. The van der Waals surface area contributed by atoms with Crippen LogP contribution in [0.25, 0.3) is 11.1 Å². The summed E-state index contributed by atoms with van der Waals surface area (Å²) in [5.74, 6) is 0. The Balaban J connectivity index is 1.36. The van der Waals surface area contributed by atoms with Gasteiger partial charge in [-0.25, -0.2) is 8.42 Å². The number of para-hydroxylation sites is 2. The molecular formula is C37H25NO2S. The van der Waals surface area contributed by atoms with E-state index in [-0.39, 0.29) is 4.90 Å². The van der Waals surface area contributed by atoms with Crippen LogP contribution in [0.3, 0.4) is 0 Å². The Morgan fingerprint density at radius 2 is 0.829 bits per heavy atom. The Hall–Kier alpha value is -4.93. The van der Waals surface area contributed by atoms with Crippen LogP contribution in [-0.2, 0) is 15.3 Å². The van der Waals surface area contributed by atoms with Crippen LogP contribution in [0.1, 0.15) is 22.3 Å². The van der Waals surface area contributed by atoms with Gasteiger partial charge in [0.05, 0.1) is 26.6 Å². The maximum atomic E-state index is 13.3. The Labute approximate surface area is 239 Å². The third-order valence-corrected chi connectivity index (χ3v) is 10.3. The molecule has 0 saturated carbocycles. The van der Waals surface area contributed by atoms with E-state index < -0.39 is 15.3 Å². The van der Waals surface area contributed by atoms with Crippen molar-refractivity contribution in [3.05, 3.63) is 174 Å². The molecule has 0 atom stereocenters. The SMILES string of the molecule is O=S(=O)(c1ccccc1)c1ccc(N2c3ccccc3C3(c4ccccc4-c4ccccc43)c3ccccc32)cc1. The van der Waals surface area contributed by atoms with Gasteiger partial charge in [-0.15, -0.1) is 0 Å². The summed E-state index contributed by atoms with van der Waals surface area (Å²) in [5, 5.41) is 0. The van der Waals surface area contributed by atoms with Crippen molar-refractivity contribution in [2.45, 2.75) is 15.2 Å². The molecule has 1 spiro atoms. The number of hydrogen-bond acceptors (Lipinski definition) is 3. The van der Waals surface area contributed by atoms with Crippen LogP contribution in [0.15, 0.2) is 161 Å². The highest BCUT2D eigenvalue weighted by Crippen LogP contribution is 2.63. The van der Waals surface area contributed by atoms with Crippen molar-refractivity contribution >= 4 is 26.9 Å². The lowest BCUT2D eigenvalue weighted by Gasteiger charge is -2.45. The average molecular weight is 548 g/mol. The van der Waals surface area contributed by atoms with Gasteiger partial charge in [0, 0.05) is 5.69 Å². The van der Waals surface area contributed by atoms with E-state index in [1.807, 2.05) is 18.2 Å². The minimum Gasteiger partial charge on any atom is -0.310 e. The predicted octanol–water partition coefficient (Wildman–Crippen LogP) is 8.67. The third kappa shape index (κ3) is 3.22. The Morgan fingerprint density at radius 1 is 0.415 bits per heavy atom. The van der Waals surface area contributed by atoms with E-state index in [2.05, 4.69) is 102 Å². The molecule has 0 amide bonds. The number of rotatable bonds is 3. The molecule has 0 fully saturated rings. The van der Waals surface area contributed by atoms with E-state index in [9.17, 15) is 8.42 Å². The molecule has 8 rings (SSSR count). The Morgan fingerprint density at radius 3 is 1.37 bits per heavy atom. The first-order valence-corrected chi connectivity index (χ1v) is 15.2. The van der Waals surface area contributed by atoms with Gasteiger partial charge in [0.15, 0.2) is 0 Å². The fourth-order valence-electron chi connectivity index (χ4n) is 6.85. The minimum atomic E-state index is -3.61. The molecule has 1 aliphatic heterocycles. The highest BCUT2D eigenvalue weighted by Gasteiger charge is 2.51. The maximum absolute atomic E-state index is 13.3. The van der Waals surface area contributed by atoms with Crippen LogP contribution in [0, 0.1) is 0 Å². The molecule has 2 aliphatic rings. The van der Waals surface area contributed by atoms with Crippen molar-refractivity contribution in [2.24, 2.45) is 0 Å². The van der Waals surface area contributed by atoms with Gasteiger partial charge in [0.2, 0.25) is 9.84 Å². The van der Waals surface area contributed by atoms with Crippen molar-refractivity contribution in [3.63, 3.8) is 0 Å². The number of benzene rings is 6. The zero-order chi connectivity index (χ0) is 27.6. The molecule has 1 aliphatic carbocycles. The predicted molar refractivity (Wildman–Crippen MR) is 164 cm³/mol. The van der Waals surface area contributed by atoms with E-state index in [1.165, 1.54) is 33.4 Å². The summed E-state index contributed by atoms with van der Waals surface area (Å²) in [4.78, 5) is 2.83. The zero-order valence-corrected chi connectivity index (χ0v) is 22.9. The first-order chi connectivity index (χ1) is 20.1. The van der Waals surface area contributed by atoms with Crippen LogP contribution >= 0.6 is 0 Å². The van der Waals surface area contributed by atoms with Gasteiger partial charge >= 0.3 is 0 Å². The van der Waals surface area contributed by atoms with E-state index >= 15 is 0 Å². The molecule has 1 heterocycles. The average Bonchev–Trinajstić information content (AvgIpc) is 3.33. The Kier molecular flexibility index (Phi) is 5.12. The van der Waals surface area contributed by atoms with Crippen LogP contribution in [-0.4, -0.2) is 8.42 Å². The lowest BCUT2D eigenvalue weighted by Crippen LogP contribution is -2.36. The molecule has 0 bridgehead atoms. The van der Waals surface area contributed by atoms with Crippen LogP contribution < -0.4 is 4.90 Å². The van der Waals surface area contributed by atoms with Gasteiger partial charge in [0.25, 0.3) is 0 Å². The maximum Gasteiger partial charge on any atom is 0.206 e.